The number of fused-ring (bicyclic) bond motifs is 3. The molecule has 0 radical (unpaired) electrons. The SMILES string of the molecule is N[C@@H](Cc1ccccc1)C(=O)N[C@@H](CCCCNC(=O)OCC1c2ccccc2-c2ccccc21)C(=O)Nc1ccc(CO)cc1. The van der Waals surface area contributed by atoms with Crippen LogP contribution >= 0.6 is 0 Å². The van der Waals surface area contributed by atoms with Crippen LogP contribution in [0.15, 0.2) is 103 Å². The van der Waals surface area contributed by atoms with Crippen LogP contribution in [0, 0.1) is 0 Å². The molecule has 0 saturated carbocycles. The third-order valence-corrected chi connectivity index (χ3v) is 8.20. The summed E-state index contributed by atoms with van der Waals surface area (Å²) in [5.74, 6) is -0.813. The first kappa shape index (κ1) is 32.4. The number of unbranched alkanes of at least 4 members (excludes halogenated alkanes) is 1. The van der Waals surface area contributed by atoms with Crippen LogP contribution in [0.3, 0.4) is 0 Å². The lowest BCUT2D eigenvalue weighted by atomic mass is 9.98. The number of alkyl carbamates (subject to hydrolysis) is 1. The van der Waals surface area contributed by atoms with E-state index in [9.17, 15) is 19.5 Å². The van der Waals surface area contributed by atoms with Gasteiger partial charge in [-0.1, -0.05) is 91.0 Å². The molecule has 0 fully saturated rings. The second-order valence-electron chi connectivity index (χ2n) is 11.4. The van der Waals surface area contributed by atoms with Crippen molar-refractivity contribution in [3.63, 3.8) is 0 Å². The fraction of sp³-hybridized carbons (Fsp3) is 0.270. The molecule has 2 atom stereocenters. The molecule has 46 heavy (non-hydrogen) atoms. The maximum atomic E-state index is 13.2. The molecule has 3 amide bonds. The van der Waals surface area contributed by atoms with Gasteiger partial charge in [0.1, 0.15) is 12.6 Å². The average molecular weight is 621 g/mol. The minimum atomic E-state index is -0.832. The van der Waals surface area contributed by atoms with Crippen molar-refractivity contribution in [2.24, 2.45) is 5.73 Å². The Labute approximate surface area is 269 Å². The first-order valence-electron chi connectivity index (χ1n) is 15.6. The Morgan fingerprint density at radius 3 is 2.04 bits per heavy atom. The van der Waals surface area contributed by atoms with E-state index in [0.29, 0.717) is 37.9 Å². The molecule has 0 bridgehead atoms. The molecule has 0 spiro atoms. The molecular formula is C37H40N4O5. The molecule has 0 saturated heterocycles. The number of ether oxygens (including phenoxy) is 1. The van der Waals surface area contributed by atoms with Crippen LogP contribution in [0.25, 0.3) is 11.1 Å². The maximum Gasteiger partial charge on any atom is 0.407 e. The highest BCUT2D eigenvalue weighted by Crippen LogP contribution is 2.44. The number of amides is 3. The Morgan fingerprint density at radius 2 is 1.39 bits per heavy atom. The molecule has 9 nitrogen and oxygen atoms in total. The van der Waals surface area contributed by atoms with Gasteiger partial charge in [0.15, 0.2) is 0 Å². The summed E-state index contributed by atoms with van der Waals surface area (Å²) in [7, 11) is 0. The normalized spacial score (nSPS) is 13.2. The fourth-order valence-corrected chi connectivity index (χ4v) is 5.74. The smallest absolute Gasteiger partial charge is 0.407 e. The number of hydrogen-bond acceptors (Lipinski definition) is 6. The molecular weight excluding hydrogens is 580 g/mol. The van der Waals surface area contributed by atoms with Gasteiger partial charge in [0, 0.05) is 18.2 Å². The van der Waals surface area contributed by atoms with Crippen LogP contribution < -0.4 is 21.7 Å². The molecule has 4 aromatic carbocycles. The van der Waals surface area contributed by atoms with Gasteiger partial charge in [-0.2, -0.15) is 0 Å². The zero-order valence-electron chi connectivity index (χ0n) is 25.7. The van der Waals surface area contributed by atoms with Crippen molar-refractivity contribution >= 4 is 23.6 Å². The van der Waals surface area contributed by atoms with E-state index in [1.807, 2.05) is 54.6 Å². The van der Waals surface area contributed by atoms with Crippen LogP contribution in [0.4, 0.5) is 10.5 Å². The molecule has 4 aromatic rings. The van der Waals surface area contributed by atoms with Crippen molar-refractivity contribution in [1.29, 1.82) is 0 Å². The lowest BCUT2D eigenvalue weighted by Crippen LogP contribution is -2.50. The van der Waals surface area contributed by atoms with Gasteiger partial charge in [-0.15, -0.1) is 0 Å². The van der Waals surface area contributed by atoms with Gasteiger partial charge >= 0.3 is 6.09 Å². The number of anilines is 1. The summed E-state index contributed by atoms with van der Waals surface area (Å²) >= 11 is 0. The van der Waals surface area contributed by atoms with Crippen LogP contribution in [0.5, 0.6) is 0 Å². The molecule has 1 aliphatic carbocycles. The predicted molar refractivity (Wildman–Crippen MR) is 178 cm³/mol. The number of aliphatic hydroxyl groups excluding tert-OH is 1. The molecule has 0 aromatic heterocycles. The van der Waals surface area contributed by atoms with E-state index in [2.05, 4.69) is 40.2 Å². The van der Waals surface area contributed by atoms with Gasteiger partial charge in [0.05, 0.1) is 12.6 Å². The summed E-state index contributed by atoms with van der Waals surface area (Å²) in [5, 5.41) is 17.8. The lowest BCUT2D eigenvalue weighted by Gasteiger charge is -2.21. The minimum absolute atomic E-state index is 0.0193. The summed E-state index contributed by atoms with van der Waals surface area (Å²) < 4.78 is 5.62. The van der Waals surface area contributed by atoms with Crippen molar-refractivity contribution in [1.82, 2.24) is 10.6 Å². The van der Waals surface area contributed by atoms with Crippen LogP contribution in [0.2, 0.25) is 0 Å². The summed E-state index contributed by atoms with van der Waals surface area (Å²) in [6, 6.07) is 31.0. The van der Waals surface area contributed by atoms with E-state index in [4.69, 9.17) is 10.5 Å². The molecule has 238 valence electrons. The van der Waals surface area contributed by atoms with Crippen molar-refractivity contribution in [2.45, 2.75) is 50.3 Å². The monoisotopic (exact) mass is 620 g/mol. The molecule has 0 aliphatic heterocycles. The number of benzene rings is 4. The highest BCUT2D eigenvalue weighted by atomic mass is 16.5. The second-order valence-corrected chi connectivity index (χ2v) is 11.4. The quantitative estimate of drug-likeness (QED) is 0.127. The van der Waals surface area contributed by atoms with Gasteiger partial charge in [-0.3, -0.25) is 9.59 Å². The van der Waals surface area contributed by atoms with Gasteiger partial charge in [0.2, 0.25) is 11.8 Å². The fourth-order valence-electron chi connectivity index (χ4n) is 5.74. The topological polar surface area (TPSA) is 143 Å². The minimum Gasteiger partial charge on any atom is -0.449 e. The summed E-state index contributed by atoms with van der Waals surface area (Å²) in [5.41, 5.74) is 13.0. The van der Waals surface area contributed by atoms with Crippen LogP contribution in [-0.2, 0) is 27.4 Å². The summed E-state index contributed by atoms with van der Waals surface area (Å²) in [6.45, 7) is 0.488. The number of carbonyl (C=O) groups is 3. The molecule has 1 aliphatic rings. The standard InChI is InChI=1S/C37H40N4O5/c38-33(22-25-10-2-1-3-11-25)35(43)41-34(36(44)40-27-19-17-26(23-42)18-20-27)16-8-9-21-39-37(45)46-24-32-30-14-6-4-12-28(30)29-13-5-7-15-31(29)32/h1-7,10-15,17-20,32-34,42H,8-9,16,21-24,38H2,(H,39,45)(H,40,44)(H,41,43)/t33-,34-/m0/s1. The third-order valence-electron chi connectivity index (χ3n) is 8.20. The molecule has 6 N–H and O–H groups in total. The van der Waals surface area contributed by atoms with Crippen LogP contribution in [0.1, 0.15) is 47.4 Å². The Bertz CT molecular complexity index is 1580. The van der Waals surface area contributed by atoms with Crippen molar-refractivity contribution in [3.8, 4) is 11.1 Å². The zero-order chi connectivity index (χ0) is 32.3. The average Bonchev–Trinajstić information content (AvgIpc) is 3.40. The molecule has 0 heterocycles. The first-order chi connectivity index (χ1) is 22.4. The van der Waals surface area contributed by atoms with E-state index in [0.717, 1.165) is 22.3 Å². The Hall–Kier alpha value is -4.99. The zero-order valence-corrected chi connectivity index (χ0v) is 25.7. The maximum absolute atomic E-state index is 13.2. The third kappa shape index (κ3) is 8.38. The highest BCUT2D eigenvalue weighted by molar-refractivity contribution is 5.97. The molecule has 0 unspecified atom stereocenters. The van der Waals surface area contributed by atoms with Crippen molar-refractivity contribution in [2.75, 3.05) is 18.5 Å². The van der Waals surface area contributed by atoms with E-state index >= 15 is 0 Å². The second kappa shape index (κ2) is 15.8. The number of rotatable bonds is 14. The van der Waals surface area contributed by atoms with E-state index in [-0.39, 0.29) is 25.0 Å². The Balaban J connectivity index is 1.11. The Morgan fingerprint density at radius 1 is 0.761 bits per heavy atom. The molecule has 5 rings (SSSR count). The number of aliphatic hydroxyl groups is 1. The van der Waals surface area contributed by atoms with Gasteiger partial charge in [0.25, 0.3) is 0 Å². The van der Waals surface area contributed by atoms with Crippen molar-refractivity contribution < 1.29 is 24.2 Å². The van der Waals surface area contributed by atoms with E-state index < -0.39 is 24.1 Å². The van der Waals surface area contributed by atoms with E-state index in [1.165, 1.54) is 11.1 Å². The highest BCUT2D eigenvalue weighted by Gasteiger charge is 2.29. The number of hydrogen-bond donors (Lipinski definition) is 5. The molecule has 9 heteroatoms. The van der Waals surface area contributed by atoms with Crippen LogP contribution in [-0.4, -0.2) is 48.2 Å². The lowest BCUT2D eigenvalue weighted by molar-refractivity contribution is -0.127. The van der Waals surface area contributed by atoms with Gasteiger partial charge < -0.3 is 31.5 Å². The Kier molecular flexibility index (Phi) is 11.2. The summed E-state index contributed by atoms with van der Waals surface area (Å²) in [6.07, 6.45) is 1.32. The van der Waals surface area contributed by atoms with Gasteiger partial charge in [-0.05, 0) is 71.2 Å². The first-order valence-corrected chi connectivity index (χ1v) is 15.6. The number of nitrogens with two attached hydrogens (primary N) is 1. The largest absolute Gasteiger partial charge is 0.449 e. The number of carbonyl (C=O) groups excluding carboxylic acids is 3. The summed E-state index contributed by atoms with van der Waals surface area (Å²) in [4.78, 5) is 38.8. The van der Waals surface area contributed by atoms with E-state index in [1.54, 1.807) is 24.3 Å². The number of nitrogens with one attached hydrogen (secondary N) is 3. The van der Waals surface area contributed by atoms with Gasteiger partial charge in [-0.25, -0.2) is 4.79 Å². The van der Waals surface area contributed by atoms with Crippen molar-refractivity contribution in [3.05, 3.63) is 125 Å². The predicted octanol–water partition coefficient (Wildman–Crippen LogP) is 4.88.